The summed E-state index contributed by atoms with van der Waals surface area (Å²) < 4.78 is 23.7. The Morgan fingerprint density at radius 3 is 2.72 bits per heavy atom. The average Bonchev–Trinajstić information content (AvgIpc) is 3.08. The van der Waals surface area contributed by atoms with Gasteiger partial charge < -0.3 is 29.2 Å². The van der Waals surface area contributed by atoms with Gasteiger partial charge >= 0.3 is 0 Å². The van der Waals surface area contributed by atoms with E-state index in [1.807, 2.05) is 12.1 Å². The molecule has 0 amide bonds. The lowest BCUT2D eigenvalue weighted by Gasteiger charge is -2.35. The Balaban J connectivity index is 0.00000289. The molecule has 1 N–H and O–H groups in total. The number of likely N-dealkylation sites (tertiary alicyclic amines) is 1. The van der Waals surface area contributed by atoms with E-state index < -0.39 is 0 Å². The normalized spacial score (nSPS) is 22.1. The van der Waals surface area contributed by atoms with Crippen LogP contribution in [-0.2, 0) is 16.0 Å². The molecule has 0 bridgehead atoms. The number of aliphatic imine (C=N–C) groups is 1. The standard InChI is InChI=1S/C24H37N3O4.HI/c1-2-25-24(26-17-19-7-5-9-22-23(19)30-16-6-15-29-22)27-12-10-20(11-13-27)31-18-21-8-3-4-14-28-21;/h5,7,9,20-21H,2-4,6,8,10-18H2,1H3,(H,25,26);1H. The largest absolute Gasteiger partial charge is 0.490 e. The molecule has 32 heavy (non-hydrogen) atoms. The molecule has 0 saturated carbocycles. The van der Waals surface area contributed by atoms with E-state index in [0.717, 1.165) is 81.6 Å². The maximum atomic E-state index is 6.17. The van der Waals surface area contributed by atoms with Gasteiger partial charge in [-0.05, 0) is 45.1 Å². The Kier molecular flexibility index (Phi) is 10.7. The molecule has 2 fully saturated rings. The van der Waals surface area contributed by atoms with Crippen LogP contribution < -0.4 is 14.8 Å². The van der Waals surface area contributed by atoms with Crippen LogP contribution >= 0.6 is 24.0 Å². The summed E-state index contributed by atoms with van der Waals surface area (Å²) in [5, 5.41) is 3.46. The minimum Gasteiger partial charge on any atom is -0.490 e. The third-order valence-corrected chi connectivity index (χ3v) is 6.12. The molecular weight excluding hydrogens is 521 g/mol. The zero-order valence-electron chi connectivity index (χ0n) is 19.2. The molecule has 3 aliphatic heterocycles. The van der Waals surface area contributed by atoms with E-state index >= 15 is 0 Å². The molecule has 1 aromatic carbocycles. The average molecular weight is 559 g/mol. The van der Waals surface area contributed by atoms with Crippen LogP contribution in [-0.4, -0.2) is 69.1 Å². The zero-order chi connectivity index (χ0) is 21.3. The van der Waals surface area contributed by atoms with Crippen molar-refractivity contribution in [3.05, 3.63) is 23.8 Å². The van der Waals surface area contributed by atoms with Gasteiger partial charge in [0.1, 0.15) is 0 Å². The van der Waals surface area contributed by atoms with Crippen LogP contribution in [0, 0.1) is 0 Å². The molecule has 8 heteroatoms. The van der Waals surface area contributed by atoms with Crippen molar-refractivity contribution in [3.8, 4) is 11.5 Å². The van der Waals surface area contributed by atoms with Gasteiger partial charge in [0.05, 0.1) is 38.6 Å². The molecule has 3 heterocycles. The fraction of sp³-hybridized carbons (Fsp3) is 0.708. The van der Waals surface area contributed by atoms with Gasteiger partial charge in [0.25, 0.3) is 0 Å². The lowest BCUT2D eigenvalue weighted by molar-refractivity contribution is -0.0721. The van der Waals surface area contributed by atoms with Crippen LogP contribution in [0.25, 0.3) is 0 Å². The number of nitrogens with one attached hydrogen (secondary N) is 1. The molecule has 0 aromatic heterocycles. The zero-order valence-corrected chi connectivity index (χ0v) is 21.6. The SMILES string of the molecule is CCNC(=NCc1cccc2c1OCCCO2)N1CCC(OCC2CCCCO2)CC1.I. The van der Waals surface area contributed by atoms with Crippen LogP contribution in [0.3, 0.4) is 0 Å². The molecule has 180 valence electrons. The Morgan fingerprint density at radius 1 is 1.09 bits per heavy atom. The number of benzene rings is 1. The number of guanidine groups is 1. The van der Waals surface area contributed by atoms with Crippen molar-refractivity contribution in [2.45, 2.75) is 64.2 Å². The Labute approximate surface area is 209 Å². The van der Waals surface area contributed by atoms with Gasteiger partial charge in [0.2, 0.25) is 0 Å². The summed E-state index contributed by atoms with van der Waals surface area (Å²) in [6.07, 6.45) is 7.14. The molecule has 2 saturated heterocycles. The van der Waals surface area contributed by atoms with Gasteiger partial charge in [-0.15, -0.1) is 24.0 Å². The van der Waals surface area contributed by atoms with Crippen molar-refractivity contribution in [3.63, 3.8) is 0 Å². The second-order valence-electron chi connectivity index (χ2n) is 8.47. The van der Waals surface area contributed by atoms with Crippen LogP contribution in [0.5, 0.6) is 11.5 Å². The van der Waals surface area contributed by atoms with Gasteiger partial charge in [-0.3, -0.25) is 0 Å². The number of rotatable bonds is 6. The summed E-state index contributed by atoms with van der Waals surface area (Å²) in [4.78, 5) is 7.27. The highest BCUT2D eigenvalue weighted by Crippen LogP contribution is 2.33. The summed E-state index contributed by atoms with van der Waals surface area (Å²) in [5.74, 6) is 2.63. The van der Waals surface area contributed by atoms with Gasteiger partial charge in [-0.25, -0.2) is 4.99 Å². The Hall–Kier alpha value is -1.26. The van der Waals surface area contributed by atoms with Crippen molar-refractivity contribution in [2.75, 3.05) is 46.1 Å². The van der Waals surface area contributed by atoms with Crippen molar-refractivity contribution < 1.29 is 18.9 Å². The number of hydrogen-bond donors (Lipinski definition) is 1. The van der Waals surface area contributed by atoms with Crippen molar-refractivity contribution in [1.82, 2.24) is 10.2 Å². The molecule has 1 atom stereocenters. The summed E-state index contributed by atoms with van der Waals surface area (Å²) in [5.41, 5.74) is 1.07. The number of para-hydroxylation sites is 1. The quantitative estimate of drug-likeness (QED) is 0.323. The molecule has 1 unspecified atom stereocenters. The fourth-order valence-corrected chi connectivity index (χ4v) is 4.38. The number of halogens is 1. The van der Waals surface area contributed by atoms with E-state index in [-0.39, 0.29) is 30.1 Å². The van der Waals surface area contributed by atoms with E-state index in [9.17, 15) is 0 Å². The van der Waals surface area contributed by atoms with E-state index in [2.05, 4.69) is 23.2 Å². The van der Waals surface area contributed by atoms with E-state index in [1.165, 1.54) is 12.8 Å². The predicted octanol–water partition coefficient (Wildman–Crippen LogP) is 3.98. The minimum atomic E-state index is 0. The van der Waals surface area contributed by atoms with Crippen molar-refractivity contribution in [1.29, 1.82) is 0 Å². The number of nitrogens with zero attached hydrogens (tertiary/aromatic N) is 2. The van der Waals surface area contributed by atoms with E-state index in [0.29, 0.717) is 25.9 Å². The second-order valence-corrected chi connectivity index (χ2v) is 8.47. The summed E-state index contributed by atoms with van der Waals surface area (Å²) in [6, 6.07) is 6.07. The minimum absolute atomic E-state index is 0. The smallest absolute Gasteiger partial charge is 0.194 e. The summed E-state index contributed by atoms with van der Waals surface area (Å²) in [6.45, 7) is 8.45. The molecule has 0 spiro atoms. The monoisotopic (exact) mass is 559 g/mol. The highest BCUT2D eigenvalue weighted by Gasteiger charge is 2.24. The first-order valence-corrected chi connectivity index (χ1v) is 12.0. The molecule has 4 rings (SSSR count). The lowest BCUT2D eigenvalue weighted by Crippen LogP contribution is -2.47. The van der Waals surface area contributed by atoms with Crippen molar-refractivity contribution >= 4 is 29.9 Å². The van der Waals surface area contributed by atoms with E-state index in [4.69, 9.17) is 23.9 Å². The van der Waals surface area contributed by atoms with Crippen LogP contribution in [0.15, 0.2) is 23.2 Å². The molecule has 0 aliphatic carbocycles. The Bertz CT molecular complexity index is 719. The molecule has 1 aromatic rings. The number of fused-ring (bicyclic) bond motifs is 1. The first-order valence-electron chi connectivity index (χ1n) is 12.0. The molecule has 3 aliphatic rings. The number of piperidine rings is 1. The number of hydrogen-bond acceptors (Lipinski definition) is 5. The second kappa shape index (κ2) is 13.4. The number of ether oxygens (including phenoxy) is 4. The van der Waals surface area contributed by atoms with Gasteiger partial charge in [0, 0.05) is 38.2 Å². The maximum absolute atomic E-state index is 6.17. The summed E-state index contributed by atoms with van der Waals surface area (Å²) >= 11 is 0. The fourth-order valence-electron chi connectivity index (χ4n) is 4.38. The predicted molar refractivity (Wildman–Crippen MR) is 136 cm³/mol. The first kappa shape index (κ1) is 25.4. The topological polar surface area (TPSA) is 64.6 Å². The van der Waals surface area contributed by atoms with E-state index in [1.54, 1.807) is 0 Å². The first-order chi connectivity index (χ1) is 15.3. The highest BCUT2D eigenvalue weighted by atomic mass is 127. The molecular formula is C24H38IN3O4. The highest BCUT2D eigenvalue weighted by molar-refractivity contribution is 14.0. The summed E-state index contributed by atoms with van der Waals surface area (Å²) in [7, 11) is 0. The molecule has 7 nitrogen and oxygen atoms in total. The van der Waals surface area contributed by atoms with Gasteiger partial charge in [-0.2, -0.15) is 0 Å². The van der Waals surface area contributed by atoms with Crippen LogP contribution in [0.4, 0.5) is 0 Å². The third kappa shape index (κ3) is 7.12. The molecule has 0 radical (unpaired) electrons. The third-order valence-electron chi connectivity index (χ3n) is 6.12. The van der Waals surface area contributed by atoms with Crippen molar-refractivity contribution in [2.24, 2.45) is 4.99 Å². The maximum Gasteiger partial charge on any atom is 0.194 e. The van der Waals surface area contributed by atoms with Gasteiger partial charge in [0.15, 0.2) is 17.5 Å². The Morgan fingerprint density at radius 2 is 1.94 bits per heavy atom. The van der Waals surface area contributed by atoms with Crippen LogP contribution in [0.2, 0.25) is 0 Å². The van der Waals surface area contributed by atoms with Crippen LogP contribution in [0.1, 0.15) is 51.0 Å². The lowest BCUT2D eigenvalue weighted by atomic mass is 10.1. The van der Waals surface area contributed by atoms with Gasteiger partial charge in [-0.1, -0.05) is 12.1 Å².